The predicted molar refractivity (Wildman–Crippen MR) is 59.0 cm³/mol. The van der Waals surface area contributed by atoms with E-state index in [2.05, 4.69) is 39.9 Å². The van der Waals surface area contributed by atoms with Gasteiger partial charge in [-0.05, 0) is 36.9 Å². The third kappa shape index (κ3) is 3.95. The fourth-order valence-corrected chi connectivity index (χ4v) is 1.07. The van der Waals surface area contributed by atoms with Crippen LogP contribution in [0.25, 0.3) is 0 Å². The van der Waals surface area contributed by atoms with Crippen LogP contribution >= 0.6 is 10.0 Å². The van der Waals surface area contributed by atoms with E-state index in [0.717, 1.165) is 11.4 Å². The number of hydrogen-bond acceptors (Lipinski definition) is 2. The minimum Gasteiger partial charge on any atom is -0.257 e. The van der Waals surface area contributed by atoms with E-state index in [-0.39, 0.29) is 0 Å². The van der Waals surface area contributed by atoms with Gasteiger partial charge >= 0.3 is 0 Å². The first kappa shape index (κ1) is 10.1. The van der Waals surface area contributed by atoms with Gasteiger partial charge in [-0.1, -0.05) is 0 Å². The summed E-state index contributed by atoms with van der Waals surface area (Å²) >= 11 is 0. The fourth-order valence-electron chi connectivity index (χ4n) is 0.663. The lowest BCUT2D eigenvalue weighted by Crippen LogP contribution is -1.89. The van der Waals surface area contributed by atoms with Gasteiger partial charge < -0.3 is 0 Å². The van der Waals surface area contributed by atoms with Crippen LogP contribution in [-0.4, -0.2) is 28.7 Å². The molecule has 0 fully saturated rings. The summed E-state index contributed by atoms with van der Waals surface area (Å²) in [6, 6.07) is 0. The minimum absolute atomic E-state index is 0.757. The zero-order valence-electron chi connectivity index (χ0n) is 8.46. The lowest BCUT2D eigenvalue weighted by molar-refractivity contribution is 1.10. The molecule has 0 bridgehead atoms. The molecule has 2 nitrogen and oxygen atoms in total. The normalized spacial score (nSPS) is 11.7. The average Bonchev–Trinajstić information content (AvgIpc) is 2.02. The molecule has 0 N–H and O–H groups in total. The maximum absolute atomic E-state index is 4.16. The summed E-state index contributed by atoms with van der Waals surface area (Å²) in [4.78, 5) is 8.28. The predicted octanol–water partition coefficient (Wildman–Crippen LogP) is 1.79. The molecular weight excluding hydrogens is 180 g/mol. The van der Waals surface area contributed by atoms with E-state index >= 15 is 0 Å². The highest BCUT2D eigenvalue weighted by Gasteiger charge is 1.96. The molecule has 0 aliphatic carbocycles. The number of hydrogen-bond donors (Lipinski definition) is 0. The van der Waals surface area contributed by atoms with Crippen molar-refractivity contribution in [3.05, 3.63) is 23.8 Å². The van der Waals surface area contributed by atoms with Crippen LogP contribution in [0.3, 0.4) is 0 Å². The van der Waals surface area contributed by atoms with E-state index < -0.39 is 10.0 Å². The first-order valence-corrected chi connectivity index (χ1v) is 6.83. The Bertz CT molecular complexity index is 338. The lowest BCUT2D eigenvalue weighted by Gasteiger charge is -2.14. The molecule has 0 saturated heterocycles. The average molecular weight is 194 g/mol. The topological polar surface area (TPSA) is 25.8 Å². The molecule has 3 heteroatoms. The Morgan fingerprint density at radius 2 is 1.85 bits per heavy atom. The first-order valence-electron chi connectivity index (χ1n) is 3.97. The molecule has 0 saturated carbocycles. The van der Waals surface area contributed by atoms with Crippen LogP contribution in [0.4, 0.5) is 0 Å². The summed E-state index contributed by atoms with van der Waals surface area (Å²) in [6.45, 7) is 1.92. The Balaban J connectivity index is 2.85. The Morgan fingerprint density at radius 1 is 1.15 bits per heavy atom. The summed E-state index contributed by atoms with van der Waals surface area (Å²) < 4.78 is 0. The molecule has 0 unspecified atom stereocenters. The maximum Gasteiger partial charge on any atom is 0.132 e. The molecule has 13 heavy (non-hydrogen) atoms. The molecule has 1 aromatic heterocycles. The maximum atomic E-state index is 4.16. The van der Waals surface area contributed by atoms with E-state index in [1.807, 2.05) is 6.92 Å². The Hall–Kier alpha value is -1.01. The molecule has 0 atom stereocenters. The van der Waals surface area contributed by atoms with Gasteiger partial charge in [-0.25, -0.2) is 4.98 Å². The fraction of sp³-hybridized carbons (Fsp3) is 0.400. The minimum atomic E-state index is -0.761. The zero-order chi connectivity index (χ0) is 9.90. The van der Waals surface area contributed by atoms with E-state index in [1.165, 1.54) is 0 Å². The summed E-state index contributed by atoms with van der Waals surface area (Å²) in [5, 5.41) is 3.19. The van der Waals surface area contributed by atoms with Gasteiger partial charge in [-0.2, -0.15) is 10.0 Å². The molecular formula is C10H14N2S. The summed E-state index contributed by atoms with van der Waals surface area (Å²) in [7, 11) is -0.761. The van der Waals surface area contributed by atoms with E-state index in [9.17, 15) is 0 Å². The van der Waals surface area contributed by atoms with Gasteiger partial charge in [0.25, 0.3) is 0 Å². The van der Waals surface area contributed by atoms with Gasteiger partial charge in [0.2, 0.25) is 0 Å². The van der Waals surface area contributed by atoms with Gasteiger partial charge in [0.05, 0.1) is 11.9 Å². The van der Waals surface area contributed by atoms with Crippen LogP contribution in [0.2, 0.25) is 0 Å². The Morgan fingerprint density at radius 3 is 2.31 bits per heavy atom. The van der Waals surface area contributed by atoms with Gasteiger partial charge in [0.15, 0.2) is 0 Å². The van der Waals surface area contributed by atoms with Crippen LogP contribution in [0.15, 0.2) is 12.4 Å². The first-order chi connectivity index (χ1) is 5.97. The lowest BCUT2D eigenvalue weighted by atomic mass is 10.4. The number of aryl methyl sites for hydroxylation is 1. The molecule has 0 spiro atoms. The number of nitrogens with zero attached hydrogens (tertiary/aromatic N) is 2. The zero-order valence-corrected chi connectivity index (χ0v) is 9.27. The second-order valence-corrected chi connectivity index (χ2v) is 7.49. The van der Waals surface area contributed by atoms with Crippen LogP contribution in [0, 0.1) is 18.1 Å². The van der Waals surface area contributed by atoms with Crippen molar-refractivity contribution in [3.8, 4) is 11.2 Å². The highest BCUT2D eigenvalue weighted by molar-refractivity contribution is 8.35. The van der Waals surface area contributed by atoms with Crippen LogP contribution in [0.1, 0.15) is 11.4 Å². The molecule has 0 aliphatic heterocycles. The van der Waals surface area contributed by atoms with Crippen molar-refractivity contribution in [2.24, 2.45) is 0 Å². The summed E-state index contributed by atoms with van der Waals surface area (Å²) in [5.74, 6) is 3.03. The number of aromatic nitrogens is 2. The molecule has 0 aliphatic rings. The molecule has 0 amide bonds. The van der Waals surface area contributed by atoms with Gasteiger partial charge in [-0.15, -0.1) is 0 Å². The second-order valence-electron chi connectivity index (χ2n) is 3.61. The highest BCUT2D eigenvalue weighted by atomic mass is 32.3. The Kier molecular flexibility index (Phi) is 2.94. The standard InChI is InChI=1S/C10H14N2S/c1-9-7-12-10(8-11-9)5-6-13(2,3)4/h7-8H,1-4H3. The van der Waals surface area contributed by atoms with E-state index in [4.69, 9.17) is 0 Å². The smallest absolute Gasteiger partial charge is 0.132 e. The van der Waals surface area contributed by atoms with Crippen molar-refractivity contribution in [3.63, 3.8) is 0 Å². The van der Waals surface area contributed by atoms with Crippen LogP contribution in [-0.2, 0) is 0 Å². The SMILES string of the molecule is Cc1cnc(C#CS(C)(C)C)cn1. The van der Waals surface area contributed by atoms with Crippen LogP contribution in [0.5, 0.6) is 0 Å². The monoisotopic (exact) mass is 194 g/mol. The van der Waals surface area contributed by atoms with Crippen molar-refractivity contribution in [1.82, 2.24) is 9.97 Å². The van der Waals surface area contributed by atoms with Crippen molar-refractivity contribution >= 4 is 10.0 Å². The molecule has 1 aromatic rings. The third-order valence-electron chi connectivity index (χ3n) is 1.27. The summed E-state index contributed by atoms with van der Waals surface area (Å²) in [6.07, 6.45) is 9.92. The molecule has 1 rings (SSSR count). The second kappa shape index (κ2) is 3.80. The van der Waals surface area contributed by atoms with Crippen molar-refractivity contribution in [2.45, 2.75) is 6.92 Å². The van der Waals surface area contributed by atoms with Gasteiger partial charge in [-0.3, -0.25) is 4.98 Å². The third-order valence-corrected chi connectivity index (χ3v) is 1.98. The van der Waals surface area contributed by atoms with E-state index in [0.29, 0.717) is 0 Å². The number of rotatable bonds is 0. The van der Waals surface area contributed by atoms with Crippen LogP contribution < -0.4 is 0 Å². The largest absolute Gasteiger partial charge is 0.257 e. The molecule has 0 aromatic carbocycles. The van der Waals surface area contributed by atoms with E-state index in [1.54, 1.807) is 12.4 Å². The van der Waals surface area contributed by atoms with Crippen molar-refractivity contribution < 1.29 is 0 Å². The molecule has 0 radical (unpaired) electrons. The molecule has 70 valence electrons. The van der Waals surface area contributed by atoms with Crippen molar-refractivity contribution in [2.75, 3.05) is 18.8 Å². The quantitative estimate of drug-likeness (QED) is 0.588. The Labute approximate surface area is 81.1 Å². The van der Waals surface area contributed by atoms with Gasteiger partial charge in [0.1, 0.15) is 5.69 Å². The molecule has 1 heterocycles. The summed E-state index contributed by atoms with van der Waals surface area (Å²) in [5.41, 5.74) is 1.68. The van der Waals surface area contributed by atoms with Gasteiger partial charge in [0, 0.05) is 6.20 Å². The van der Waals surface area contributed by atoms with Crippen molar-refractivity contribution in [1.29, 1.82) is 0 Å². The highest BCUT2D eigenvalue weighted by Crippen LogP contribution is 2.32.